The van der Waals surface area contributed by atoms with Gasteiger partial charge in [0.1, 0.15) is 11.5 Å². The van der Waals surface area contributed by atoms with E-state index in [4.69, 9.17) is 32.7 Å². The summed E-state index contributed by atoms with van der Waals surface area (Å²) in [4.78, 5) is 16.5. The van der Waals surface area contributed by atoms with Crippen LogP contribution in [0.1, 0.15) is 16.8 Å². The van der Waals surface area contributed by atoms with Crippen LogP contribution < -0.4 is 25.4 Å². The van der Waals surface area contributed by atoms with Crippen molar-refractivity contribution in [1.82, 2.24) is 15.6 Å². The van der Waals surface area contributed by atoms with E-state index in [2.05, 4.69) is 20.9 Å². The molecule has 2 amide bonds. The average molecular weight is 481 g/mol. The lowest BCUT2D eigenvalue weighted by Crippen LogP contribution is -2.28. The van der Waals surface area contributed by atoms with E-state index in [1.54, 1.807) is 32.4 Å². The maximum atomic E-state index is 12.1. The van der Waals surface area contributed by atoms with Crippen molar-refractivity contribution < 1.29 is 14.3 Å². The first-order chi connectivity index (χ1) is 15.0. The normalized spacial score (nSPS) is 10.6. The fourth-order valence-electron chi connectivity index (χ4n) is 2.74. The van der Waals surface area contributed by atoms with Crippen LogP contribution in [0.3, 0.4) is 0 Å². The second-order valence-electron chi connectivity index (χ2n) is 6.48. The summed E-state index contributed by atoms with van der Waals surface area (Å²) < 4.78 is 10.6. The van der Waals surface area contributed by atoms with Crippen molar-refractivity contribution in [3.05, 3.63) is 68.6 Å². The van der Waals surface area contributed by atoms with E-state index in [-0.39, 0.29) is 6.03 Å². The van der Waals surface area contributed by atoms with Crippen LogP contribution in [0.2, 0.25) is 10.0 Å². The highest BCUT2D eigenvalue weighted by Gasteiger charge is 2.09. The molecule has 3 rings (SSSR count). The summed E-state index contributed by atoms with van der Waals surface area (Å²) in [5.74, 6) is 1.50. The van der Waals surface area contributed by atoms with Crippen molar-refractivity contribution in [1.29, 1.82) is 0 Å². The van der Waals surface area contributed by atoms with E-state index >= 15 is 0 Å². The van der Waals surface area contributed by atoms with Crippen LogP contribution in [0.5, 0.6) is 11.5 Å². The summed E-state index contributed by atoms with van der Waals surface area (Å²) in [7, 11) is 3.25. The molecule has 0 bridgehead atoms. The van der Waals surface area contributed by atoms with Gasteiger partial charge in [-0.1, -0.05) is 35.3 Å². The minimum Gasteiger partial charge on any atom is -0.497 e. The number of hydrogen-bond acceptors (Lipinski definition) is 6. The molecule has 0 fully saturated rings. The number of nitrogens with one attached hydrogen (secondary N) is 3. The quantitative estimate of drug-likeness (QED) is 0.397. The Bertz CT molecular complexity index is 1050. The third kappa shape index (κ3) is 6.73. The molecule has 0 saturated heterocycles. The number of carbonyl (C=O) groups is 1. The van der Waals surface area contributed by atoms with Crippen molar-refractivity contribution >= 4 is 45.7 Å². The predicted molar refractivity (Wildman–Crippen MR) is 125 cm³/mol. The highest BCUT2D eigenvalue weighted by Crippen LogP contribution is 2.25. The standard InChI is InChI=1S/C21H22Cl2N4O3S/c1-29-16-5-4-14(19(8-16)30-2)10-24-11-15-12-31-21(26-15)27-20(28)25-9-13-3-6-17(22)18(23)7-13/h3-8,12,24H,9-11H2,1-2H3,(H2,25,26,27,28). The van der Waals surface area contributed by atoms with E-state index in [0.717, 1.165) is 28.3 Å². The first-order valence-electron chi connectivity index (χ1n) is 9.33. The maximum Gasteiger partial charge on any atom is 0.321 e. The minimum atomic E-state index is -0.345. The van der Waals surface area contributed by atoms with E-state index in [1.165, 1.54) is 11.3 Å². The molecule has 0 unspecified atom stereocenters. The van der Waals surface area contributed by atoms with Crippen molar-refractivity contribution in [3.63, 3.8) is 0 Å². The van der Waals surface area contributed by atoms with Gasteiger partial charge in [0, 0.05) is 36.6 Å². The van der Waals surface area contributed by atoms with Crippen molar-refractivity contribution in [3.8, 4) is 11.5 Å². The molecule has 1 heterocycles. The lowest BCUT2D eigenvalue weighted by molar-refractivity contribution is 0.251. The second kappa shape index (κ2) is 11.2. The molecule has 0 radical (unpaired) electrons. The number of amides is 2. The molecule has 0 spiro atoms. The van der Waals surface area contributed by atoms with Gasteiger partial charge in [0.15, 0.2) is 5.13 Å². The molecule has 7 nitrogen and oxygen atoms in total. The Morgan fingerprint density at radius 2 is 1.87 bits per heavy atom. The van der Waals surface area contributed by atoms with Gasteiger partial charge in [0.05, 0.1) is 30.0 Å². The van der Waals surface area contributed by atoms with Gasteiger partial charge in [-0.15, -0.1) is 11.3 Å². The van der Waals surface area contributed by atoms with E-state index < -0.39 is 0 Å². The number of urea groups is 1. The number of ether oxygens (including phenoxy) is 2. The van der Waals surface area contributed by atoms with Crippen LogP contribution in [-0.4, -0.2) is 25.2 Å². The highest BCUT2D eigenvalue weighted by molar-refractivity contribution is 7.13. The number of hydrogen-bond donors (Lipinski definition) is 3. The fraction of sp³-hybridized carbons (Fsp3) is 0.238. The molecular weight excluding hydrogens is 459 g/mol. The van der Waals surface area contributed by atoms with Gasteiger partial charge in [-0.25, -0.2) is 9.78 Å². The zero-order chi connectivity index (χ0) is 22.2. The highest BCUT2D eigenvalue weighted by atomic mass is 35.5. The average Bonchev–Trinajstić information content (AvgIpc) is 3.21. The van der Waals surface area contributed by atoms with Crippen molar-refractivity contribution in [2.45, 2.75) is 19.6 Å². The molecule has 0 aliphatic rings. The van der Waals surface area contributed by atoms with Crippen LogP contribution in [0.15, 0.2) is 41.8 Å². The number of nitrogens with zero attached hydrogens (tertiary/aromatic N) is 1. The number of benzene rings is 2. The number of carbonyl (C=O) groups excluding carboxylic acids is 1. The molecular formula is C21H22Cl2N4O3S. The van der Waals surface area contributed by atoms with Gasteiger partial charge in [-0.2, -0.15) is 0 Å². The second-order valence-corrected chi connectivity index (χ2v) is 8.15. The molecule has 0 atom stereocenters. The maximum absolute atomic E-state index is 12.1. The third-order valence-electron chi connectivity index (χ3n) is 4.33. The lowest BCUT2D eigenvalue weighted by Gasteiger charge is -2.10. The molecule has 3 N–H and O–H groups in total. The van der Waals surface area contributed by atoms with Gasteiger partial charge in [-0.3, -0.25) is 5.32 Å². The Hall–Kier alpha value is -2.52. The number of rotatable bonds is 9. The summed E-state index contributed by atoms with van der Waals surface area (Å²) in [5.41, 5.74) is 2.69. The molecule has 31 heavy (non-hydrogen) atoms. The summed E-state index contributed by atoms with van der Waals surface area (Å²) in [5, 5.41) is 12.2. The van der Waals surface area contributed by atoms with Gasteiger partial charge in [0.25, 0.3) is 0 Å². The SMILES string of the molecule is COc1ccc(CNCc2csc(NC(=O)NCc3ccc(Cl)c(Cl)c3)n2)c(OC)c1. The van der Waals surface area contributed by atoms with Gasteiger partial charge in [-0.05, 0) is 23.8 Å². The van der Waals surface area contributed by atoms with E-state index in [9.17, 15) is 4.79 Å². The molecule has 3 aromatic rings. The molecule has 10 heteroatoms. The van der Waals surface area contributed by atoms with E-state index in [1.807, 2.05) is 23.6 Å². The molecule has 164 valence electrons. The zero-order valence-electron chi connectivity index (χ0n) is 17.0. The minimum absolute atomic E-state index is 0.326. The van der Waals surface area contributed by atoms with Crippen LogP contribution in [-0.2, 0) is 19.6 Å². The monoisotopic (exact) mass is 480 g/mol. The van der Waals surface area contributed by atoms with Gasteiger partial charge >= 0.3 is 6.03 Å². The number of thiazole rings is 1. The van der Waals surface area contributed by atoms with Gasteiger partial charge < -0.3 is 20.1 Å². The Balaban J connectivity index is 1.45. The number of anilines is 1. The Morgan fingerprint density at radius 1 is 1.03 bits per heavy atom. The molecule has 0 aliphatic carbocycles. The van der Waals surface area contributed by atoms with Crippen molar-refractivity contribution in [2.75, 3.05) is 19.5 Å². The Labute approximate surface area is 194 Å². The summed E-state index contributed by atoms with van der Waals surface area (Å²) in [6, 6.07) is 10.6. The molecule has 0 aliphatic heterocycles. The first-order valence-corrected chi connectivity index (χ1v) is 11.0. The smallest absolute Gasteiger partial charge is 0.321 e. The number of aromatic nitrogens is 1. The van der Waals surface area contributed by atoms with Crippen LogP contribution >= 0.6 is 34.5 Å². The van der Waals surface area contributed by atoms with Crippen LogP contribution in [0.4, 0.5) is 9.93 Å². The summed E-state index contributed by atoms with van der Waals surface area (Å²) in [6.07, 6.45) is 0. The largest absolute Gasteiger partial charge is 0.497 e. The summed E-state index contributed by atoms with van der Waals surface area (Å²) >= 11 is 13.2. The predicted octanol–water partition coefficient (Wildman–Crippen LogP) is 5.08. The number of methoxy groups -OCH3 is 2. The molecule has 0 saturated carbocycles. The van der Waals surface area contributed by atoms with E-state index in [0.29, 0.717) is 34.8 Å². The fourth-order valence-corrected chi connectivity index (χ4v) is 3.77. The topological polar surface area (TPSA) is 84.5 Å². The van der Waals surface area contributed by atoms with Crippen LogP contribution in [0, 0.1) is 0 Å². The van der Waals surface area contributed by atoms with Gasteiger partial charge in [0.2, 0.25) is 0 Å². The molecule has 1 aromatic heterocycles. The first kappa shape index (κ1) is 23.1. The lowest BCUT2D eigenvalue weighted by atomic mass is 10.2. The Kier molecular flexibility index (Phi) is 8.36. The number of halogens is 2. The Morgan fingerprint density at radius 3 is 2.61 bits per heavy atom. The third-order valence-corrected chi connectivity index (χ3v) is 5.87. The zero-order valence-corrected chi connectivity index (χ0v) is 19.3. The van der Waals surface area contributed by atoms with Crippen molar-refractivity contribution in [2.24, 2.45) is 0 Å². The molecule has 2 aromatic carbocycles. The van der Waals surface area contributed by atoms with Crippen LogP contribution in [0.25, 0.3) is 0 Å². The summed E-state index contributed by atoms with van der Waals surface area (Å²) in [6.45, 7) is 1.49.